The molecule has 1 unspecified atom stereocenters. The van der Waals surface area contributed by atoms with E-state index in [2.05, 4.69) is 32.2 Å². The van der Waals surface area contributed by atoms with E-state index in [4.69, 9.17) is 10.5 Å². The number of rotatable bonds is 6. The molecule has 4 aromatic carbocycles. The van der Waals surface area contributed by atoms with E-state index in [1.807, 2.05) is 24.3 Å². The number of allylic oxidation sites excluding steroid dienone is 1. The van der Waals surface area contributed by atoms with Crippen molar-refractivity contribution in [2.75, 3.05) is 0 Å². The zero-order valence-electron chi connectivity index (χ0n) is 20.5. The molecule has 0 bridgehead atoms. The van der Waals surface area contributed by atoms with Gasteiger partial charge in [-0.3, -0.25) is 14.9 Å². The third-order valence-corrected chi connectivity index (χ3v) is 6.78. The van der Waals surface area contributed by atoms with Crippen LogP contribution in [0.3, 0.4) is 0 Å². The minimum absolute atomic E-state index is 0.0266. The highest BCUT2D eigenvalue weighted by molar-refractivity contribution is 9.10. The number of nitrogens with two attached hydrogens (primary N) is 1. The number of non-ortho nitro benzene ring substituents is 1. The summed E-state index contributed by atoms with van der Waals surface area (Å²) in [6, 6.07) is 24.2. The molecule has 3 N–H and O–H groups in total. The number of hydrogen-bond donors (Lipinski definition) is 2. The van der Waals surface area contributed by atoms with Crippen LogP contribution in [0.5, 0.6) is 11.5 Å². The number of phenols is 1. The molecule has 0 fully saturated rings. The first-order valence-electron chi connectivity index (χ1n) is 11.8. The number of azo groups is 1. The molecule has 0 aliphatic carbocycles. The first-order chi connectivity index (χ1) is 19.3. The number of hydrogen-bond acceptors (Lipinski definition) is 9. The van der Waals surface area contributed by atoms with Gasteiger partial charge in [0.25, 0.3) is 5.69 Å². The molecule has 4 aromatic rings. The SMILES string of the molecule is N#CC1=C(N)Oc2cc(O)c(N=Nc3ccc([N+](=O)[O-])cc3C(=O)c3ccccc3)cc2C1c1ccc(Br)cc1. The van der Waals surface area contributed by atoms with Gasteiger partial charge in [-0.2, -0.15) is 5.26 Å². The van der Waals surface area contributed by atoms with Gasteiger partial charge in [-0.05, 0) is 29.8 Å². The van der Waals surface area contributed by atoms with Crippen molar-refractivity contribution in [3.8, 4) is 17.6 Å². The Morgan fingerprint density at radius 1 is 1.02 bits per heavy atom. The number of carbonyl (C=O) groups is 1. The van der Waals surface area contributed by atoms with E-state index in [0.29, 0.717) is 11.1 Å². The Balaban J connectivity index is 1.59. The van der Waals surface area contributed by atoms with Gasteiger partial charge in [0.15, 0.2) is 5.78 Å². The Morgan fingerprint density at radius 2 is 1.73 bits per heavy atom. The van der Waals surface area contributed by atoms with Crippen LogP contribution in [0.25, 0.3) is 0 Å². The molecule has 1 atom stereocenters. The van der Waals surface area contributed by atoms with Gasteiger partial charge in [0, 0.05) is 33.8 Å². The molecule has 0 amide bonds. The topological polar surface area (TPSA) is 164 Å². The van der Waals surface area contributed by atoms with Crippen molar-refractivity contribution >= 4 is 38.8 Å². The standard InChI is InChI=1S/C29H18BrN5O5/c30-18-8-6-16(7-9-18)27-21-13-24(25(36)14-26(21)40-29(32)22(27)15-31)34-33-23-11-10-19(35(38)39)12-20(23)28(37)17-4-2-1-3-5-17/h1-14,27,36H,32H2. The number of aromatic hydroxyl groups is 1. The van der Waals surface area contributed by atoms with Crippen molar-refractivity contribution in [1.29, 1.82) is 5.26 Å². The number of carbonyl (C=O) groups excluding carboxylic acids is 1. The van der Waals surface area contributed by atoms with E-state index in [-0.39, 0.29) is 45.6 Å². The number of ketones is 1. The normalized spacial score (nSPS) is 14.3. The Bertz CT molecular complexity index is 1760. The highest BCUT2D eigenvalue weighted by Gasteiger charge is 2.32. The molecule has 10 nitrogen and oxygen atoms in total. The molecule has 0 saturated heterocycles. The molecular weight excluding hydrogens is 578 g/mol. The van der Waals surface area contributed by atoms with Gasteiger partial charge in [0.05, 0.1) is 22.1 Å². The molecular formula is C29H18BrN5O5. The van der Waals surface area contributed by atoms with Gasteiger partial charge in [-0.25, -0.2) is 0 Å². The van der Waals surface area contributed by atoms with Crippen LogP contribution in [0.4, 0.5) is 17.1 Å². The van der Waals surface area contributed by atoms with Crippen LogP contribution < -0.4 is 10.5 Å². The number of nitro groups is 1. The minimum atomic E-state index is -0.606. The van der Waals surface area contributed by atoms with E-state index in [0.717, 1.165) is 16.1 Å². The monoisotopic (exact) mass is 595 g/mol. The molecule has 1 aliphatic heterocycles. The first kappa shape index (κ1) is 26.3. The molecule has 5 rings (SSSR count). The van der Waals surface area contributed by atoms with Gasteiger partial charge in [-0.15, -0.1) is 10.2 Å². The number of nitriles is 1. The third-order valence-electron chi connectivity index (χ3n) is 6.25. The van der Waals surface area contributed by atoms with Gasteiger partial charge in [0.2, 0.25) is 5.88 Å². The van der Waals surface area contributed by atoms with Crippen LogP contribution in [-0.4, -0.2) is 15.8 Å². The fourth-order valence-electron chi connectivity index (χ4n) is 4.32. The number of ether oxygens (including phenoxy) is 1. The molecule has 0 aromatic heterocycles. The smallest absolute Gasteiger partial charge is 0.270 e. The van der Waals surface area contributed by atoms with Crippen LogP contribution in [-0.2, 0) is 0 Å². The van der Waals surface area contributed by atoms with Gasteiger partial charge in [0.1, 0.15) is 28.8 Å². The van der Waals surface area contributed by atoms with Crippen molar-refractivity contribution in [2.24, 2.45) is 16.0 Å². The number of benzene rings is 4. The summed E-state index contributed by atoms with van der Waals surface area (Å²) in [5.41, 5.74) is 7.60. The summed E-state index contributed by atoms with van der Waals surface area (Å²) < 4.78 is 6.48. The zero-order valence-corrected chi connectivity index (χ0v) is 22.1. The second-order valence-corrected chi connectivity index (χ2v) is 9.62. The second-order valence-electron chi connectivity index (χ2n) is 8.71. The molecule has 11 heteroatoms. The third kappa shape index (κ3) is 5.03. The molecule has 1 heterocycles. The van der Waals surface area contributed by atoms with Crippen LogP contribution in [0.15, 0.2) is 111 Å². The maximum Gasteiger partial charge on any atom is 0.270 e. The summed E-state index contributed by atoms with van der Waals surface area (Å²) in [7, 11) is 0. The number of fused-ring (bicyclic) bond motifs is 1. The summed E-state index contributed by atoms with van der Waals surface area (Å²) in [6.45, 7) is 0. The van der Waals surface area contributed by atoms with Crippen molar-refractivity contribution in [3.05, 3.63) is 133 Å². The molecule has 0 saturated carbocycles. The number of nitrogens with zero attached hydrogens (tertiary/aromatic N) is 4. The summed E-state index contributed by atoms with van der Waals surface area (Å²) in [5, 5.41) is 40.3. The van der Waals surface area contributed by atoms with Crippen LogP contribution in [0.1, 0.15) is 33.0 Å². The molecule has 0 radical (unpaired) electrons. The molecule has 196 valence electrons. The zero-order chi connectivity index (χ0) is 28.4. The Hall–Kier alpha value is -5.34. The maximum absolute atomic E-state index is 13.2. The number of phenolic OH excluding ortho intramolecular Hbond substituents is 1. The summed E-state index contributed by atoms with van der Waals surface area (Å²) in [6.07, 6.45) is 0. The Morgan fingerprint density at radius 3 is 2.40 bits per heavy atom. The Kier molecular flexibility index (Phi) is 7.09. The lowest BCUT2D eigenvalue weighted by Crippen LogP contribution is -2.21. The lowest BCUT2D eigenvalue weighted by Gasteiger charge is -2.26. The maximum atomic E-state index is 13.2. The van der Waals surface area contributed by atoms with Crippen LogP contribution in [0.2, 0.25) is 0 Å². The average molecular weight is 596 g/mol. The van der Waals surface area contributed by atoms with Crippen molar-refractivity contribution in [3.63, 3.8) is 0 Å². The van der Waals surface area contributed by atoms with Gasteiger partial charge in [-0.1, -0.05) is 58.4 Å². The van der Waals surface area contributed by atoms with Crippen LogP contribution in [0, 0.1) is 21.4 Å². The molecule has 1 aliphatic rings. The van der Waals surface area contributed by atoms with Gasteiger partial charge >= 0.3 is 0 Å². The largest absolute Gasteiger partial charge is 0.505 e. The number of halogens is 1. The highest BCUT2D eigenvalue weighted by atomic mass is 79.9. The number of nitro benzene ring substituents is 1. The lowest BCUT2D eigenvalue weighted by molar-refractivity contribution is -0.384. The van der Waals surface area contributed by atoms with Crippen LogP contribution >= 0.6 is 15.9 Å². The van der Waals surface area contributed by atoms with E-state index in [1.165, 1.54) is 24.3 Å². The molecule has 0 spiro atoms. The minimum Gasteiger partial charge on any atom is -0.505 e. The van der Waals surface area contributed by atoms with Gasteiger partial charge < -0.3 is 15.6 Å². The fourth-order valence-corrected chi connectivity index (χ4v) is 4.58. The first-order valence-corrected chi connectivity index (χ1v) is 12.6. The second kappa shape index (κ2) is 10.8. The molecule has 40 heavy (non-hydrogen) atoms. The fraction of sp³-hybridized carbons (Fsp3) is 0.0345. The van der Waals surface area contributed by atoms with Crippen molar-refractivity contribution < 1.29 is 19.6 Å². The van der Waals surface area contributed by atoms with E-state index < -0.39 is 16.6 Å². The van der Waals surface area contributed by atoms with E-state index >= 15 is 0 Å². The average Bonchev–Trinajstić information content (AvgIpc) is 2.96. The lowest BCUT2D eigenvalue weighted by atomic mass is 9.83. The summed E-state index contributed by atoms with van der Waals surface area (Å²) in [5.74, 6) is -1.20. The predicted octanol–water partition coefficient (Wildman–Crippen LogP) is 6.93. The summed E-state index contributed by atoms with van der Waals surface area (Å²) >= 11 is 3.40. The van der Waals surface area contributed by atoms with E-state index in [1.54, 1.807) is 30.3 Å². The Labute approximate surface area is 236 Å². The summed E-state index contributed by atoms with van der Waals surface area (Å²) in [4.78, 5) is 24.0. The van der Waals surface area contributed by atoms with Crippen molar-refractivity contribution in [2.45, 2.75) is 5.92 Å². The van der Waals surface area contributed by atoms with E-state index in [9.17, 15) is 25.3 Å². The predicted molar refractivity (Wildman–Crippen MR) is 149 cm³/mol. The highest BCUT2D eigenvalue weighted by Crippen LogP contribution is 2.47. The quantitative estimate of drug-likeness (QED) is 0.105. The van der Waals surface area contributed by atoms with Crippen molar-refractivity contribution in [1.82, 2.24) is 0 Å².